The fourth-order valence-corrected chi connectivity index (χ4v) is 5.60. The summed E-state index contributed by atoms with van der Waals surface area (Å²) in [5.41, 5.74) is -1.12. The van der Waals surface area contributed by atoms with Gasteiger partial charge in [-0.15, -0.1) is 0 Å². The lowest BCUT2D eigenvalue weighted by Gasteiger charge is -2.35. The highest BCUT2D eigenvalue weighted by Gasteiger charge is 2.65. The van der Waals surface area contributed by atoms with Crippen LogP contribution in [0.1, 0.15) is 78.6 Å². The van der Waals surface area contributed by atoms with Gasteiger partial charge in [-0.1, -0.05) is 46.5 Å². The molecule has 0 saturated heterocycles. The van der Waals surface area contributed by atoms with Crippen molar-refractivity contribution in [2.45, 2.75) is 78.6 Å². The molecule has 7 heteroatoms. The molecule has 0 spiro atoms. The number of rotatable bonds is 8. The molecule has 0 aromatic rings. The average Bonchev–Trinajstić information content (AvgIpc) is 2.80. The van der Waals surface area contributed by atoms with Crippen LogP contribution in [0.4, 0.5) is 0 Å². The van der Waals surface area contributed by atoms with E-state index in [1.165, 1.54) is 19.3 Å². The molecule has 0 heterocycles. The maximum absolute atomic E-state index is 11.9. The van der Waals surface area contributed by atoms with Crippen LogP contribution in [-0.2, 0) is 19.7 Å². The molecule has 2 aliphatic carbocycles. The molecular formula is C18H32O6S. The fourth-order valence-electron chi connectivity index (χ4n) is 4.30. The molecule has 2 saturated carbocycles. The van der Waals surface area contributed by atoms with Crippen LogP contribution in [0, 0.1) is 16.7 Å². The Balaban J connectivity index is 0.000000275. The summed E-state index contributed by atoms with van der Waals surface area (Å²) in [4.78, 5) is 21.9. The quantitative estimate of drug-likeness (QED) is 0.494. The van der Waals surface area contributed by atoms with Gasteiger partial charge in [0.15, 0.2) is 0 Å². The fraction of sp³-hybridized carbons (Fsp3) is 0.889. The normalized spacial score (nSPS) is 27.0. The number of Topliss-reactive ketones (excluding diaryl/α,β-unsaturated/α-hetero) is 1. The van der Waals surface area contributed by atoms with Crippen LogP contribution in [-0.4, -0.2) is 35.6 Å². The third kappa shape index (κ3) is 5.51. The first-order valence-electron chi connectivity index (χ1n) is 9.16. The molecule has 25 heavy (non-hydrogen) atoms. The number of hydrogen-bond donors (Lipinski definition) is 2. The molecule has 0 amide bonds. The van der Waals surface area contributed by atoms with Gasteiger partial charge in [-0.2, -0.15) is 8.42 Å². The molecule has 0 aromatic heterocycles. The van der Waals surface area contributed by atoms with Gasteiger partial charge in [-0.25, -0.2) is 0 Å². The minimum Gasteiger partial charge on any atom is -0.481 e. The number of hydrogen-bond acceptors (Lipinski definition) is 4. The summed E-state index contributed by atoms with van der Waals surface area (Å²) in [6.45, 7) is 6.04. The first-order chi connectivity index (χ1) is 11.5. The van der Waals surface area contributed by atoms with Crippen LogP contribution in [0.3, 0.4) is 0 Å². The predicted octanol–water partition coefficient (Wildman–Crippen LogP) is 3.70. The molecule has 6 nitrogen and oxygen atoms in total. The molecule has 2 rings (SSSR count). The summed E-state index contributed by atoms with van der Waals surface area (Å²) in [6.07, 6.45) is 7.86. The van der Waals surface area contributed by atoms with Crippen molar-refractivity contribution >= 4 is 21.9 Å². The number of carbonyl (C=O) groups excluding carboxylic acids is 1. The molecule has 2 atom stereocenters. The maximum Gasteiger partial charge on any atom is 0.303 e. The van der Waals surface area contributed by atoms with Gasteiger partial charge in [0.25, 0.3) is 10.1 Å². The van der Waals surface area contributed by atoms with Crippen LogP contribution >= 0.6 is 0 Å². The van der Waals surface area contributed by atoms with E-state index in [1.807, 2.05) is 13.8 Å². The number of fused-ring (bicyclic) bond motifs is 2. The Morgan fingerprint density at radius 3 is 2.20 bits per heavy atom. The zero-order valence-electron chi connectivity index (χ0n) is 15.6. The SMILES string of the molecule is CC1(C)C2CCC1(CS(=O)(=O)O)C(=O)C2.CCCCCCCC(=O)O. The van der Waals surface area contributed by atoms with E-state index in [0.717, 1.165) is 19.3 Å². The van der Waals surface area contributed by atoms with Gasteiger partial charge in [0.1, 0.15) is 5.78 Å². The summed E-state index contributed by atoms with van der Waals surface area (Å²) in [5.74, 6) is -0.771. The highest BCUT2D eigenvalue weighted by Crippen LogP contribution is 2.64. The Morgan fingerprint density at radius 2 is 1.80 bits per heavy atom. The van der Waals surface area contributed by atoms with Gasteiger partial charge in [-0.3, -0.25) is 14.1 Å². The molecular weight excluding hydrogens is 344 g/mol. The molecule has 0 radical (unpaired) electrons. The van der Waals surface area contributed by atoms with Crippen LogP contribution in [0.15, 0.2) is 0 Å². The summed E-state index contributed by atoms with van der Waals surface area (Å²) >= 11 is 0. The highest BCUT2D eigenvalue weighted by molar-refractivity contribution is 7.85. The number of aliphatic carboxylic acids is 1. The first kappa shape index (κ1) is 22.1. The van der Waals surface area contributed by atoms with Gasteiger partial charge in [0.05, 0.1) is 11.2 Å². The molecule has 2 N–H and O–H groups in total. The number of carboxylic acid groups (broad SMARTS) is 1. The van der Waals surface area contributed by atoms with Crippen molar-refractivity contribution < 1.29 is 27.7 Å². The number of unbranched alkanes of at least 4 members (excludes halogenated alkanes) is 4. The van der Waals surface area contributed by atoms with E-state index in [-0.39, 0.29) is 17.1 Å². The molecule has 2 unspecified atom stereocenters. The van der Waals surface area contributed by atoms with Crippen molar-refractivity contribution in [3.63, 3.8) is 0 Å². The summed E-state index contributed by atoms with van der Waals surface area (Å²) in [6, 6.07) is 0. The van der Waals surface area contributed by atoms with Crippen molar-refractivity contribution in [3.8, 4) is 0 Å². The zero-order chi connectivity index (χ0) is 19.3. The highest BCUT2D eigenvalue weighted by atomic mass is 32.2. The average molecular weight is 377 g/mol. The largest absolute Gasteiger partial charge is 0.481 e. The third-order valence-electron chi connectivity index (χ3n) is 6.06. The minimum atomic E-state index is -4.08. The van der Waals surface area contributed by atoms with Crippen LogP contribution < -0.4 is 0 Å². The molecule has 146 valence electrons. The Bertz CT molecular complexity index is 580. The summed E-state index contributed by atoms with van der Waals surface area (Å²) in [5, 5.41) is 8.27. The van der Waals surface area contributed by atoms with E-state index >= 15 is 0 Å². The van der Waals surface area contributed by atoms with Gasteiger partial charge in [0.2, 0.25) is 0 Å². The van der Waals surface area contributed by atoms with Gasteiger partial charge < -0.3 is 5.11 Å². The maximum atomic E-state index is 11.9. The molecule has 0 aliphatic heterocycles. The number of ketones is 1. The smallest absolute Gasteiger partial charge is 0.303 e. The van der Waals surface area contributed by atoms with Gasteiger partial charge >= 0.3 is 5.97 Å². The van der Waals surface area contributed by atoms with Crippen molar-refractivity contribution in [2.24, 2.45) is 16.7 Å². The topological polar surface area (TPSA) is 109 Å². The van der Waals surface area contributed by atoms with Crippen molar-refractivity contribution in [2.75, 3.05) is 5.75 Å². The zero-order valence-corrected chi connectivity index (χ0v) is 16.4. The van der Waals surface area contributed by atoms with E-state index in [4.69, 9.17) is 9.66 Å². The van der Waals surface area contributed by atoms with Crippen molar-refractivity contribution in [1.82, 2.24) is 0 Å². The molecule has 2 fully saturated rings. The summed E-state index contributed by atoms with van der Waals surface area (Å²) < 4.78 is 31.0. The lowest BCUT2D eigenvalue weighted by atomic mass is 9.70. The lowest BCUT2D eigenvalue weighted by Crippen LogP contribution is -2.42. The molecule has 2 bridgehead atoms. The van der Waals surface area contributed by atoms with Crippen LogP contribution in [0.2, 0.25) is 0 Å². The lowest BCUT2D eigenvalue weighted by molar-refractivity contribution is -0.137. The molecule has 0 aromatic carbocycles. The second-order valence-electron chi connectivity index (χ2n) is 7.95. The van der Waals surface area contributed by atoms with E-state index in [1.54, 1.807) is 0 Å². The van der Waals surface area contributed by atoms with Crippen LogP contribution in [0.5, 0.6) is 0 Å². The second kappa shape index (κ2) is 8.62. The van der Waals surface area contributed by atoms with Gasteiger partial charge in [0, 0.05) is 12.8 Å². The van der Waals surface area contributed by atoms with E-state index in [2.05, 4.69) is 6.92 Å². The Kier molecular flexibility index (Phi) is 7.62. The Morgan fingerprint density at radius 1 is 1.20 bits per heavy atom. The second-order valence-corrected chi connectivity index (χ2v) is 9.40. The Labute approximate surface area is 151 Å². The first-order valence-corrected chi connectivity index (χ1v) is 10.8. The van der Waals surface area contributed by atoms with Gasteiger partial charge in [-0.05, 0) is 30.6 Å². The summed E-state index contributed by atoms with van der Waals surface area (Å²) in [7, 11) is -4.08. The van der Waals surface area contributed by atoms with E-state index in [0.29, 0.717) is 19.3 Å². The monoisotopic (exact) mass is 376 g/mol. The van der Waals surface area contributed by atoms with E-state index < -0.39 is 27.3 Å². The van der Waals surface area contributed by atoms with Crippen LogP contribution in [0.25, 0.3) is 0 Å². The van der Waals surface area contributed by atoms with Crippen molar-refractivity contribution in [3.05, 3.63) is 0 Å². The Hall–Kier alpha value is -0.950. The van der Waals surface area contributed by atoms with Crippen molar-refractivity contribution in [1.29, 1.82) is 0 Å². The third-order valence-corrected chi connectivity index (χ3v) is 6.92. The standard InChI is InChI=1S/C10H16O4S.C8H16O2/c1-9(2)7-3-4-10(9,8(11)5-7)6-15(12,13)14;1-2-3-4-5-6-7-8(9)10/h7H,3-6H2,1-2H3,(H,12,13,14);2-7H2,1H3,(H,9,10). The number of carbonyl (C=O) groups is 2. The van der Waals surface area contributed by atoms with E-state index in [9.17, 15) is 18.0 Å². The number of carboxylic acids is 1. The minimum absolute atomic E-state index is 0.0152. The molecule has 2 aliphatic rings. The predicted molar refractivity (Wildman–Crippen MR) is 96.0 cm³/mol.